The molecule has 0 bridgehead atoms. The Bertz CT molecular complexity index is 440. The van der Waals surface area contributed by atoms with Crippen molar-refractivity contribution in [1.82, 2.24) is 0 Å². The van der Waals surface area contributed by atoms with Gasteiger partial charge in [0, 0.05) is 10.9 Å². The average Bonchev–Trinajstić information content (AvgIpc) is 2.59. The van der Waals surface area contributed by atoms with Crippen LogP contribution in [-0.2, 0) is 14.3 Å². The number of halogens is 1. The standard InChI is InChI=1S/C12H11ClO4/c13-9-3-1-7(2-4-9)12-8(5-10(14)15)6-11(16)17-12/h1-4,8,12H,5-6H2,(H,14,15)/t8-,12+/m1/s1. The maximum Gasteiger partial charge on any atom is 0.306 e. The predicted octanol–water partition coefficient (Wildman–Crippen LogP) is 2.42. The number of esters is 1. The smallest absolute Gasteiger partial charge is 0.306 e. The highest BCUT2D eigenvalue weighted by Crippen LogP contribution is 2.37. The molecular formula is C12H11ClO4. The van der Waals surface area contributed by atoms with Crippen LogP contribution in [0.4, 0.5) is 0 Å². The Hall–Kier alpha value is -1.55. The Labute approximate surface area is 103 Å². The SMILES string of the molecule is O=C(O)C[C@@H]1CC(=O)O[C@H]1c1ccc(Cl)cc1. The average molecular weight is 255 g/mol. The fourth-order valence-electron chi connectivity index (χ4n) is 2.00. The van der Waals surface area contributed by atoms with Crippen LogP contribution in [0.1, 0.15) is 24.5 Å². The molecule has 1 heterocycles. The Morgan fingerprint density at radius 1 is 1.41 bits per heavy atom. The van der Waals surface area contributed by atoms with Gasteiger partial charge in [-0.2, -0.15) is 0 Å². The zero-order chi connectivity index (χ0) is 12.4. The summed E-state index contributed by atoms with van der Waals surface area (Å²) >= 11 is 5.77. The Balaban J connectivity index is 2.20. The first-order valence-corrected chi connectivity index (χ1v) is 5.61. The zero-order valence-corrected chi connectivity index (χ0v) is 9.68. The van der Waals surface area contributed by atoms with E-state index in [4.69, 9.17) is 21.4 Å². The van der Waals surface area contributed by atoms with Gasteiger partial charge in [0.1, 0.15) is 6.10 Å². The van der Waals surface area contributed by atoms with Gasteiger partial charge in [0.2, 0.25) is 0 Å². The van der Waals surface area contributed by atoms with Crippen molar-refractivity contribution >= 4 is 23.5 Å². The van der Waals surface area contributed by atoms with Crippen LogP contribution in [0.2, 0.25) is 5.02 Å². The van der Waals surface area contributed by atoms with E-state index in [2.05, 4.69) is 0 Å². The molecule has 0 radical (unpaired) electrons. The van der Waals surface area contributed by atoms with Crippen molar-refractivity contribution in [2.24, 2.45) is 5.92 Å². The molecule has 0 amide bonds. The summed E-state index contributed by atoms with van der Waals surface area (Å²) in [6.45, 7) is 0. The maximum absolute atomic E-state index is 11.2. The molecule has 0 aliphatic carbocycles. The second-order valence-corrected chi connectivity index (χ2v) is 4.46. The quantitative estimate of drug-likeness (QED) is 0.842. The highest BCUT2D eigenvalue weighted by molar-refractivity contribution is 6.30. The number of cyclic esters (lactones) is 1. The normalized spacial score (nSPS) is 23.5. The Kier molecular flexibility index (Phi) is 3.33. The van der Waals surface area contributed by atoms with Crippen molar-refractivity contribution < 1.29 is 19.4 Å². The number of rotatable bonds is 3. The lowest BCUT2D eigenvalue weighted by Gasteiger charge is -2.16. The topological polar surface area (TPSA) is 63.6 Å². The van der Waals surface area contributed by atoms with Gasteiger partial charge in [-0.05, 0) is 17.7 Å². The molecule has 2 rings (SSSR count). The van der Waals surface area contributed by atoms with E-state index in [1.165, 1.54) is 0 Å². The van der Waals surface area contributed by atoms with Gasteiger partial charge in [0.05, 0.1) is 12.8 Å². The monoisotopic (exact) mass is 254 g/mol. The highest BCUT2D eigenvalue weighted by Gasteiger charge is 2.37. The van der Waals surface area contributed by atoms with Gasteiger partial charge < -0.3 is 9.84 Å². The molecule has 17 heavy (non-hydrogen) atoms. The van der Waals surface area contributed by atoms with E-state index in [0.717, 1.165) is 5.56 Å². The minimum absolute atomic E-state index is 0.0704. The van der Waals surface area contributed by atoms with E-state index < -0.39 is 12.1 Å². The second-order valence-electron chi connectivity index (χ2n) is 4.02. The van der Waals surface area contributed by atoms with E-state index in [-0.39, 0.29) is 24.7 Å². The summed E-state index contributed by atoms with van der Waals surface area (Å²) in [6, 6.07) is 6.89. The first-order chi connectivity index (χ1) is 8.06. The summed E-state index contributed by atoms with van der Waals surface area (Å²) < 4.78 is 5.16. The van der Waals surface area contributed by atoms with E-state index in [9.17, 15) is 9.59 Å². The molecule has 1 aliphatic rings. The van der Waals surface area contributed by atoms with Gasteiger partial charge in [0.15, 0.2) is 0 Å². The molecule has 0 saturated carbocycles. The van der Waals surface area contributed by atoms with Gasteiger partial charge in [-0.1, -0.05) is 23.7 Å². The molecule has 1 aliphatic heterocycles. The van der Waals surface area contributed by atoms with Crippen LogP contribution in [0.25, 0.3) is 0 Å². The first-order valence-electron chi connectivity index (χ1n) is 5.23. The van der Waals surface area contributed by atoms with Crippen LogP contribution in [-0.4, -0.2) is 17.0 Å². The lowest BCUT2D eigenvalue weighted by Crippen LogP contribution is -2.12. The largest absolute Gasteiger partial charge is 0.481 e. The number of aliphatic carboxylic acids is 1. The van der Waals surface area contributed by atoms with Crippen molar-refractivity contribution in [3.05, 3.63) is 34.9 Å². The molecule has 1 saturated heterocycles. The van der Waals surface area contributed by atoms with E-state index in [1.54, 1.807) is 24.3 Å². The summed E-state index contributed by atoms with van der Waals surface area (Å²) in [4.78, 5) is 21.9. The van der Waals surface area contributed by atoms with Crippen molar-refractivity contribution in [3.63, 3.8) is 0 Å². The summed E-state index contributed by atoms with van der Waals surface area (Å²) in [7, 11) is 0. The van der Waals surface area contributed by atoms with Crippen LogP contribution in [0.3, 0.4) is 0 Å². The van der Waals surface area contributed by atoms with Gasteiger partial charge in [-0.3, -0.25) is 9.59 Å². The number of ether oxygens (including phenoxy) is 1. The Morgan fingerprint density at radius 2 is 2.06 bits per heavy atom. The van der Waals surface area contributed by atoms with Crippen LogP contribution >= 0.6 is 11.6 Å². The fourth-order valence-corrected chi connectivity index (χ4v) is 2.13. The molecule has 90 valence electrons. The number of benzene rings is 1. The van der Waals surface area contributed by atoms with E-state index in [0.29, 0.717) is 5.02 Å². The van der Waals surface area contributed by atoms with Gasteiger partial charge in [0.25, 0.3) is 0 Å². The molecule has 2 atom stereocenters. The molecule has 0 aromatic heterocycles. The molecule has 1 aromatic carbocycles. The molecule has 4 nitrogen and oxygen atoms in total. The van der Waals surface area contributed by atoms with E-state index >= 15 is 0 Å². The molecule has 5 heteroatoms. The number of carbonyl (C=O) groups is 2. The minimum atomic E-state index is -0.924. The molecule has 1 aromatic rings. The summed E-state index contributed by atoms with van der Waals surface area (Å²) in [5, 5.41) is 9.37. The molecular weight excluding hydrogens is 244 g/mol. The van der Waals surface area contributed by atoms with Crippen LogP contribution < -0.4 is 0 Å². The molecule has 1 fully saturated rings. The number of carbonyl (C=O) groups excluding carboxylic acids is 1. The summed E-state index contributed by atoms with van der Waals surface area (Å²) in [5.74, 6) is -1.58. The Morgan fingerprint density at radius 3 is 2.65 bits per heavy atom. The van der Waals surface area contributed by atoms with Gasteiger partial charge in [-0.25, -0.2) is 0 Å². The van der Waals surface area contributed by atoms with Crippen LogP contribution in [0.5, 0.6) is 0 Å². The van der Waals surface area contributed by atoms with Gasteiger partial charge >= 0.3 is 11.9 Å². The third-order valence-corrected chi connectivity index (χ3v) is 3.00. The van der Waals surface area contributed by atoms with Crippen LogP contribution in [0.15, 0.2) is 24.3 Å². The number of hydrogen-bond donors (Lipinski definition) is 1. The summed E-state index contributed by atoms with van der Waals surface area (Å²) in [5.41, 5.74) is 0.784. The number of hydrogen-bond acceptors (Lipinski definition) is 3. The van der Waals surface area contributed by atoms with Crippen molar-refractivity contribution in [3.8, 4) is 0 Å². The number of carboxylic acids is 1. The lowest BCUT2D eigenvalue weighted by atomic mass is 9.92. The summed E-state index contributed by atoms with van der Waals surface area (Å²) in [6.07, 6.45) is -0.394. The first kappa shape index (κ1) is 11.9. The molecule has 1 N–H and O–H groups in total. The third-order valence-electron chi connectivity index (χ3n) is 2.75. The maximum atomic E-state index is 11.2. The predicted molar refractivity (Wildman–Crippen MR) is 60.6 cm³/mol. The highest BCUT2D eigenvalue weighted by atomic mass is 35.5. The fraction of sp³-hybridized carbons (Fsp3) is 0.333. The van der Waals surface area contributed by atoms with E-state index in [1.807, 2.05) is 0 Å². The van der Waals surface area contributed by atoms with Crippen molar-refractivity contribution in [2.45, 2.75) is 18.9 Å². The minimum Gasteiger partial charge on any atom is -0.481 e. The third kappa shape index (κ3) is 2.77. The van der Waals surface area contributed by atoms with Gasteiger partial charge in [-0.15, -0.1) is 0 Å². The second kappa shape index (κ2) is 4.75. The van der Waals surface area contributed by atoms with Crippen molar-refractivity contribution in [1.29, 1.82) is 0 Å². The molecule has 0 spiro atoms. The van der Waals surface area contributed by atoms with Crippen molar-refractivity contribution in [2.75, 3.05) is 0 Å². The number of carboxylic acid groups (broad SMARTS) is 1. The zero-order valence-electron chi connectivity index (χ0n) is 8.93. The van der Waals surface area contributed by atoms with Crippen LogP contribution in [0, 0.1) is 5.92 Å². The molecule has 0 unspecified atom stereocenters. The lowest BCUT2D eigenvalue weighted by molar-refractivity contribution is -0.143.